The third-order valence-corrected chi connectivity index (χ3v) is 7.54. The van der Waals surface area contributed by atoms with E-state index in [4.69, 9.17) is 0 Å². The smallest absolute Gasteiger partial charge is 0.247 e. The summed E-state index contributed by atoms with van der Waals surface area (Å²) in [6.45, 7) is 8.83. The highest BCUT2D eigenvalue weighted by molar-refractivity contribution is 6.99. The topological polar surface area (TPSA) is 17.3 Å². The first-order valence-electron chi connectivity index (χ1n) is 10.9. The van der Waals surface area contributed by atoms with E-state index in [1.807, 2.05) is 0 Å². The fourth-order valence-electron chi connectivity index (χ4n) is 6.26. The molecule has 0 amide bonds. The molecule has 0 aliphatic carbocycles. The van der Waals surface area contributed by atoms with E-state index in [0.29, 0.717) is 0 Å². The number of rotatable bonds is 1. The molecule has 0 saturated carbocycles. The molecular formula is C28H21BN2. The lowest BCUT2D eigenvalue weighted by molar-refractivity contribution is 0.645. The van der Waals surface area contributed by atoms with E-state index in [0.717, 1.165) is 5.69 Å². The molecule has 4 aromatic carbocycles. The predicted octanol–water partition coefficient (Wildman–Crippen LogP) is 4.58. The maximum absolute atomic E-state index is 4.40. The number of benzene rings is 4. The molecule has 0 unspecified atom stereocenters. The molecule has 146 valence electrons. The van der Waals surface area contributed by atoms with Gasteiger partial charge in [0.25, 0.3) is 0 Å². The third kappa shape index (κ3) is 1.88. The molecule has 2 nitrogen and oxygen atoms in total. The van der Waals surface area contributed by atoms with Crippen LogP contribution in [0.5, 0.6) is 0 Å². The van der Waals surface area contributed by atoms with Crippen LogP contribution in [0.1, 0.15) is 25.0 Å². The number of para-hydroxylation sites is 1. The average Bonchev–Trinajstić information content (AvgIpc) is 3.15. The van der Waals surface area contributed by atoms with Gasteiger partial charge in [-0.2, -0.15) is 0 Å². The summed E-state index contributed by atoms with van der Waals surface area (Å²) in [6, 6.07) is 29.0. The summed E-state index contributed by atoms with van der Waals surface area (Å²) in [6.07, 6.45) is 0. The first-order valence-corrected chi connectivity index (χ1v) is 10.9. The molecule has 0 fully saturated rings. The van der Waals surface area contributed by atoms with E-state index in [2.05, 4.69) is 109 Å². The zero-order valence-corrected chi connectivity index (χ0v) is 17.7. The van der Waals surface area contributed by atoms with Crippen molar-refractivity contribution in [2.45, 2.75) is 19.3 Å². The number of aliphatic imine (C=N–C) groups is 1. The van der Waals surface area contributed by atoms with Crippen LogP contribution in [0.15, 0.2) is 83.9 Å². The van der Waals surface area contributed by atoms with Gasteiger partial charge in [-0.1, -0.05) is 80.0 Å². The quantitative estimate of drug-likeness (QED) is 0.286. The lowest BCUT2D eigenvalue weighted by Crippen LogP contribution is -2.63. The second-order valence-electron chi connectivity index (χ2n) is 9.29. The Morgan fingerprint density at radius 3 is 2.45 bits per heavy atom. The number of nitrogens with zero attached hydrogens (tertiary/aromatic N) is 2. The zero-order valence-electron chi connectivity index (χ0n) is 17.7. The normalized spacial score (nSPS) is 15.1. The van der Waals surface area contributed by atoms with Gasteiger partial charge in [-0.05, 0) is 47.0 Å². The van der Waals surface area contributed by atoms with Crippen LogP contribution in [0.3, 0.4) is 0 Å². The lowest BCUT2D eigenvalue weighted by atomic mass is 9.30. The van der Waals surface area contributed by atoms with Crippen LogP contribution >= 0.6 is 0 Å². The maximum atomic E-state index is 4.40. The molecule has 0 radical (unpaired) electrons. The van der Waals surface area contributed by atoms with Gasteiger partial charge in [0.15, 0.2) is 0 Å². The summed E-state index contributed by atoms with van der Waals surface area (Å²) in [5, 5.41) is 2.45. The van der Waals surface area contributed by atoms with Crippen molar-refractivity contribution >= 4 is 57.3 Å². The van der Waals surface area contributed by atoms with Gasteiger partial charge in [0.05, 0.1) is 16.7 Å². The molecule has 0 N–H and O–H groups in total. The van der Waals surface area contributed by atoms with Gasteiger partial charge in [-0.3, -0.25) is 4.99 Å². The minimum absolute atomic E-state index is 0.0410. The van der Waals surface area contributed by atoms with Gasteiger partial charge in [0, 0.05) is 21.9 Å². The SMILES string of the molecule is C=Nc1ccc2c3c1c1ccccc1n3-c1cccc3c1B2c1ccccc1C3(C)C. The van der Waals surface area contributed by atoms with Crippen LogP contribution in [0.25, 0.3) is 27.5 Å². The van der Waals surface area contributed by atoms with Crippen LogP contribution in [-0.2, 0) is 5.41 Å². The first kappa shape index (κ1) is 17.1. The first-order chi connectivity index (χ1) is 15.1. The molecule has 7 rings (SSSR count). The number of fused-ring (bicyclic) bond motifs is 7. The van der Waals surface area contributed by atoms with Crippen LogP contribution in [-0.4, -0.2) is 18.0 Å². The summed E-state index contributed by atoms with van der Waals surface area (Å²) in [5.74, 6) is 0. The molecule has 5 aromatic rings. The number of aromatic nitrogens is 1. The maximum Gasteiger partial charge on any atom is 0.247 e. The van der Waals surface area contributed by atoms with Crippen molar-refractivity contribution in [2.75, 3.05) is 0 Å². The minimum Gasteiger partial charge on any atom is -0.310 e. The molecule has 2 aliphatic rings. The highest BCUT2D eigenvalue weighted by Gasteiger charge is 2.44. The van der Waals surface area contributed by atoms with E-state index in [1.54, 1.807) is 0 Å². The van der Waals surface area contributed by atoms with E-state index >= 15 is 0 Å². The fourth-order valence-corrected chi connectivity index (χ4v) is 6.26. The third-order valence-electron chi connectivity index (χ3n) is 7.54. The van der Waals surface area contributed by atoms with E-state index in [-0.39, 0.29) is 12.1 Å². The van der Waals surface area contributed by atoms with Gasteiger partial charge < -0.3 is 4.57 Å². The number of hydrogen-bond acceptors (Lipinski definition) is 1. The van der Waals surface area contributed by atoms with E-state index < -0.39 is 0 Å². The van der Waals surface area contributed by atoms with Crippen molar-refractivity contribution in [1.29, 1.82) is 0 Å². The second-order valence-corrected chi connectivity index (χ2v) is 9.29. The molecule has 0 spiro atoms. The van der Waals surface area contributed by atoms with Gasteiger partial charge in [-0.15, -0.1) is 0 Å². The largest absolute Gasteiger partial charge is 0.310 e. The Morgan fingerprint density at radius 1 is 0.806 bits per heavy atom. The molecule has 2 aliphatic heterocycles. The Bertz CT molecular complexity index is 1590. The standard InChI is InChI=1S/C28H21BN2/c1-28(2)18-10-5-6-12-20(18)29-21-15-16-22(30-3)25-17-9-4-7-13-23(17)31(27(21)25)24-14-8-11-19(28)26(24)29/h4-16H,3H2,1-2H3. The highest BCUT2D eigenvalue weighted by atomic mass is 15.0. The summed E-state index contributed by atoms with van der Waals surface area (Å²) in [5.41, 5.74) is 11.8. The van der Waals surface area contributed by atoms with Crippen LogP contribution in [0.2, 0.25) is 0 Å². The molecular weight excluding hydrogens is 375 g/mol. The summed E-state index contributed by atoms with van der Waals surface area (Å²) < 4.78 is 2.47. The van der Waals surface area contributed by atoms with Crippen LogP contribution < -0.4 is 16.4 Å². The summed E-state index contributed by atoms with van der Waals surface area (Å²) >= 11 is 0. The monoisotopic (exact) mass is 396 g/mol. The van der Waals surface area contributed by atoms with E-state index in [1.165, 1.54) is 55.0 Å². The Morgan fingerprint density at radius 2 is 1.58 bits per heavy atom. The van der Waals surface area contributed by atoms with Crippen LogP contribution in [0.4, 0.5) is 5.69 Å². The van der Waals surface area contributed by atoms with Crippen molar-refractivity contribution < 1.29 is 0 Å². The Balaban J connectivity index is 1.78. The fraction of sp³-hybridized carbons (Fsp3) is 0.107. The zero-order chi connectivity index (χ0) is 20.9. The number of hydrogen-bond donors (Lipinski definition) is 0. The van der Waals surface area contributed by atoms with Crippen molar-refractivity contribution in [1.82, 2.24) is 4.57 Å². The summed E-state index contributed by atoms with van der Waals surface area (Å²) in [4.78, 5) is 4.40. The molecule has 31 heavy (non-hydrogen) atoms. The molecule has 0 atom stereocenters. The molecule has 0 bridgehead atoms. The summed E-state index contributed by atoms with van der Waals surface area (Å²) in [7, 11) is 0. The Hall–Kier alpha value is -3.59. The van der Waals surface area contributed by atoms with Crippen molar-refractivity contribution in [3.63, 3.8) is 0 Å². The van der Waals surface area contributed by atoms with Crippen molar-refractivity contribution in [3.05, 3.63) is 90.0 Å². The second kappa shape index (κ2) is 5.56. The Kier molecular flexibility index (Phi) is 3.07. The molecule has 1 aromatic heterocycles. The van der Waals surface area contributed by atoms with Gasteiger partial charge in [0.2, 0.25) is 6.71 Å². The van der Waals surface area contributed by atoms with Gasteiger partial charge in [-0.25, -0.2) is 0 Å². The molecule has 3 heteroatoms. The minimum atomic E-state index is -0.0410. The van der Waals surface area contributed by atoms with Crippen molar-refractivity contribution in [3.8, 4) is 5.69 Å². The van der Waals surface area contributed by atoms with E-state index in [9.17, 15) is 0 Å². The Labute approximate surface area is 181 Å². The predicted molar refractivity (Wildman–Crippen MR) is 133 cm³/mol. The van der Waals surface area contributed by atoms with Gasteiger partial charge >= 0.3 is 0 Å². The van der Waals surface area contributed by atoms with Crippen LogP contribution in [0, 0.1) is 0 Å². The highest BCUT2D eigenvalue weighted by Crippen LogP contribution is 2.41. The molecule has 0 saturated heterocycles. The van der Waals surface area contributed by atoms with Crippen molar-refractivity contribution in [2.24, 2.45) is 4.99 Å². The lowest BCUT2D eigenvalue weighted by Gasteiger charge is -2.41. The van der Waals surface area contributed by atoms with Gasteiger partial charge in [0.1, 0.15) is 0 Å². The average molecular weight is 396 g/mol. The molecule has 3 heterocycles.